The Labute approximate surface area is 231 Å². The van der Waals surface area contributed by atoms with Gasteiger partial charge in [-0.2, -0.15) is 0 Å². The largest absolute Gasteiger partial charge is 0.462 e. The van der Waals surface area contributed by atoms with Gasteiger partial charge < -0.3 is 4.74 Å². The number of carbonyl (C=O) groups is 2. The third kappa shape index (κ3) is 3.58. The molecule has 0 aromatic carbocycles. The summed E-state index contributed by atoms with van der Waals surface area (Å²) in [4.78, 5) is 30.8. The molecule has 0 radical (unpaired) electrons. The molecular weight excluding hydrogens is 474 g/mol. The summed E-state index contributed by atoms with van der Waals surface area (Å²) >= 11 is 0. The summed E-state index contributed by atoms with van der Waals surface area (Å²) in [6.45, 7) is 20.7. The van der Waals surface area contributed by atoms with Gasteiger partial charge in [0.15, 0.2) is 0 Å². The van der Waals surface area contributed by atoms with Crippen molar-refractivity contribution in [2.45, 2.75) is 119 Å². The third-order valence-corrected chi connectivity index (χ3v) is 14.0. The van der Waals surface area contributed by atoms with E-state index in [1.54, 1.807) is 14.0 Å². The van der Waals surface area contributed by atoms with Crippen LogP contribution >= 0.6 is 0 Å². The lowest BCUT2D eigenvalue weighted by Gasteiger charge is -2.72. The molecule has 214 valence electrons. The first-order chi connectivity index (χ1) is 17.7. The van der Waals surface area contributed by atoms with Crippen LogP contribution in [0.3, 0.4) is 0 Å². The summed E-state index contributed by atoms with van der Waals surface area (Å²) in [6, 6.07) is 0. The molecule has 5 nitrogen and oxygen atoms in total. The molecular formula is C33H53NO4. The van der Waals surface area contributed by atoms with E-state index in [9.17, 15) is 9.59 Å². The Balaban J connectivity index is 1.52. The van der Waals surface area contributed by atoms with Crippen LogP contribution in [0.15, 0.2) is 12.2 Å². The van der Waals surface area contributed by atoms with E-state index in [-0.39, 0.29) is 45.1 Å². The van der Waals surface area contributed by atoms with E-state index >= 15 is 0 Å². The summed E-state index contributed by atoms with van der Waals surface area (Å²) < 4.78 is 5.91. The first kappa shape index (κ1) is 28.2. The lowest BCUT2D eigenvalue weighted by molar-refractivity contribution is -0.249. The molecule has 38 heavy (non-hydrogen) atoms. The lowest BCUT2D eigenvalue weighted by atomic mass is 9.32. The number of carbonyl (C=O) groups excluding carboxylic acids is 2. The monoisotopic (exact) mass is 527 g/mol. The van der Waals surface area contributed by atoms with Crippen LogP contribution in [0.4, 0.5) is 0 Å². The number of hydrogen-bond acceptors (Lipinski definition) is 4. The maximum absolute atomic E-state index is 13.6. The predicted octanol–water partition coefficient (Wildman–Crippen LogP) is 7.25. The van der Waals surface area contributed by atoms with Crippen molar-refractivity contribution in [3.8, 4) is 0 Å². The number of rotatable bonds is 4. The van der Waals surface area contributed by atoms with Gasteiger partial charge in [0.25, 0.3) is 0 Å². The normalized spacial score (nSPS) is 49.1. The van der Waals surface area contributed by atoms with Gasteiger partial charge in [-0.1, -0.05) is 46.8 Å². The first-order valence-electron chi connectivity index (χ1n) is 15.3. The average Bonchev–Trinajstić information content (AvgIpc) is 3.23. The van der Waals surface area contributed by atoms with Crippen LogP contribution in [-0.2, 0) is 19.2 Å². The van der Waals surface area contributed by atoms with E-state index < -0.39 is 0 Å². The summed E-state index contributed by atoms with van der Waals surface area (Å²) in [7, 11) is 1.56. The molecule has 0 unspecified atom stereocenters. The number of hydrogen-bond donors (Lipinski definition) is 1. The fourth-order valence-corrected chi connectivity index (χ4v) is 12.1. The highest BCUT2D eigenvalue weighted by atomic mass is 16.6. The van der Waals surface area contributed by atoms with Gasteiger partial charge in [-0.15, -0.1) is 0 Å². The molecule has 0 aromatic rings. The zero-order valence-electron chi connectivity index (χ0n) is 25.4. The molecule has 0 spiro atoms. The van der Waals surface area contributed by atoms with Crippen molar-refractivity contribution in [3.05, 3.63) is 12.2 Å². The Hall–Kier alpha value is -1.36. The van der Waals surface area contributed by atoms with E-state index in [4.69, 9.17) is 9.57 Å². The van der Waals surface area contributed by atoms with Gasteiger partial charge in [0.1, 0.15) is 6.10 Å². The van der Waals surface area contributed by atoms with Crippen molar-refractivity contribution in [1.29, 1.82) is 0 Å². The standard InChI is InChI=1S/C33H53NO4/c1-20(2)22-12-17-33(28(36)34-37-9)19-18-31(7)23(27(22)33)10-11-25-30(6)15-14-26(38-21(3)35)29(4,5)24(30)13-16-32(25,31)8/h22-27H,1,10-19H2,2-9H3,(H,34,36)/t22-,23+,24-,25+,26-,27+,30-,31+,32+,33-/m0/s1. The van der Waals surface area contributed by atoms with Crippen molar-refractivity contribution < 1.29 is 19.2 Å². The molecule has 1 amide bonds. The fraction of sp³-hybridized carbons (Fsp3) is 0.879. The van der Waals surface area contributed by atoms with Crippen LogP contribution in [-0.4, -0.2) is 25.1 Å². The zero-order valence-corrected chi connectivity index (χ0v) is 25.4. The number of hydroxylamine groups is 1. The highest BCUT2D eigenvalue weighted by molar-refractivity contribution is 5.83. The van der Waals surface area contributed by atoms with Crippen LogP contribution in [0.25, 0.3) is 0 Å². The number of nitrogens with one attached hydrogen (secondary N) is 1. The van der Waals surface area contributed by atoms with E-state index in [1.165, 1.54) is 31.3 Å². The minimum Gasteiger partial charge on any atom is -0.462 e. The van der Waals surface area contributed by atoms with Gasteiger partial charge in [0.2, 0.25) is 5.91 Å². The van der Waals surface area contributed by atoms with Crippen LogP contribution in [0.2, 0.25) is 0 Å². The summed E-state index contributed by atoms with van der Waals surface area (Å²) in [5, 5.41) is 0. The van der Waals surface area contributed by atoms with E-state index in [2.05, 4.69) is 53.6 Å². The predicted molar refractivity (Wildman–Crippen MR) is 150 cm³/mol. The summed E-state index contributed by atoms with van der Waals surface area (Å²) in [6.07, 6.45) is 11.0. The maximum Gasteiger partial charge on any atom is 0.302 e. The SMILES string of the molecule is C=C(C)[C@@H]1CC[C@]2(C(=O)NOC)CC[C@]3(C)[C@H](CC[C@@H]4[C@@]5(C)CC[C@H](OC(C)=O)C(C)(C)[C@@H]5CC[C@]43C)[C@@H]12. The van der Waals surface area contributed by atoms with Gasteiger partial charge in [-0.3, -0.25) is 14.4 Å². The Morgan fingerprint density at radius 2 is 1.53 bits per heavy atom. The number of amides is 1. The van der Waals surface area contributed by atoms with Crippen molar-refractivity contribution in [2.24, 2.45) is 56.7 Å². The van der Waals surface area contributed by atoms with E-state index in [0.717, 1.165) is 38.5 Å². The molecule has 0 aliphatic heterocycles. The van der Waals surface area contributed by atoms with Crippen LogP contribution in [0, 0.1) is 56.7 Å². The number of allylic oxidation sites excluding steroid dienone is 1. The molecule has 0 bridgehead atoms. The van der Waals surface area contributed by atoms with Crippen LogP contribution in [0.1, 0.15) is 113 Å². The minimum atomic E-state index is -0.335. The molecule has 0 aromatic heterocycles. The Kier molecular flexibility index (Phi) is 6.73. The van der Waals surface area contributed by atoms with E-state index in [0.29, 0.717) is 29.6 Å². The highest BCUT2D eigenvalue weighted by Crippen LogP contribution is 2.77. The molecule has 5 fully saturated rings. The molecule has 0 heterocycles. The van der Waals surface area contributed by atoms with Crippen molar-refractivity contribution in [2.75, 3.05) is 7.11 Å². The average molecular weight is 528 g/mol. The van der Waals surface area contributed by atoms with Crippen LogP contribution < -0.4 is 5.48 Å². The van der Waals surface area contributed by atoms with Gasteiger partial charge in [-0.25, -0.2) is 5.48 Å². The van der Waals surface area contributed by atoms with Gasteiger partial charge in [0, 0.05) is 12.3 Å². The van der Waals surface area contributed by atoms with Crippen molar-refractivity contribution in [1.82, 2.24) is 5.48 Å². The molecule has 1 N–H and O–H groups in total. The molecule has 10 atom stereocenters. The molecule has 5 aliphatic rings. The van der Waals surface area contributed by atoms with Crippen LogP contribution in [0.5, 0.6) is 0 Å². The van der Waals surface area contributed by atoms with Gasteiger partial charge in [-0.05, 0) is 117 Å². The topological polar surface area (TPSA) is 64.6 Å². The Bertz CT molecular complexity index is 1000. The summed E-state index contributed by atoms with van der Waals surface area (Å²) in [5.41, 5.74) is 4.34. The second-order valence-electron chi connectivity index (χ2n) is 15.4. The highest BCUT2D eigenvalue weighted by Gasteiger charge is 2.72. The quantitative estimate of drug-likeness (QED) is 0.237. The van der Waals surface area contributed by atoms with E-state index in [1.807, 2.05) is 0 Å². The number of ether oxygens (including phenoxy) is 1. The van der Waals surface area contributed by atoms with Gasteiger partial charge in [0.05, 0.1) is 12.5 Å². The molecule has 5 saturated carbocycles. The molecule has 5 aliphatic carbocycles. The van der Waals surface area contributed by atoms with Gasteiger partial charge >= 0.3 is 5.97 Å². The van der Waals surface area contributed by atoms with Crippen molar-refractivity contribution >= 4 is 11.9 Å². The second-order valence-corrected chi connectivity index (χ2v) is 15.4. The Morgan fingerprint density at radius 3 is 2.16 bits per heavy atom. The Morgan fingerprint density at radius 1 is 0.816 bits per heavy atom. The smallest absolute Gasteiger partial charge is 0.302 e. The number of esters is 1. The second kappa shape index (κ2) is 9.08. The molecule has 5 rings (SSSR count). The molecule has 0 saturated heterocycles. The first-order valence-corrected chi connectivity index (χ1v) is 15.3. The fourth-order valence-electron chi connectivity index (χ4n) is 12.1. The molecule has 5 heteroatoms. The maximum atomic E-state index is 13.6. The zero-order chi connectivity index (χ0) is 27.9. The minimum absolute atomic E-state index is 0.0127. The lowest BCUT2D eigenvalue weighted by Crippen LogP contribution is -2.67. The summed E-state index contributed by atoms with van der Waals surface area (Å²) in [5.74, 6) is 2.43. The number of fused-ring (bicyclic) bond motifs is 7. The van der Waals surface area contributed by atoms with Crippen molar-refractivity contribution in [3.63, 3.8) is 0 Å². The third-order valence-electron chi connectivity index (χ3n) is 14.0.